The normalized spacial score (nSPS) is 12.1. The van der Waals surface area contributed by atoms with E-state index in [1.807, 2.05) is 12.1 Å². The van der Waals surface area contributed by atoms with Crippen LogP contribution in [-0.4, -0.2) is 11.1 Å². The van der Waals surface area contributed by atoms with E-state index < -0.39 is 0 Å². The van der Waals surface area contributed by atoms with Crippen molar-refractivity contribution >= 4 is 15.9 Å². The molecule has 0 saturated carbocycles. The van der Waals surface area contributed by atoms with E-state index in [1.165, 1.54) is 0 Å². The summed E-state index contributed by atoms with van der Waals surface area (Å²) in [6.07, 6.45) is 0. The Morgan fingerprint density at radius 2 is 2.36 bits per heavy atom. The van der Waals surface area contributed by atoms with Crippen LogP contribution in [0.4, 0.5) is 0 Å². The molecule has 0 bridgehead atoms. The van der Waals surface area contributed by atoms with Crippen molar-refractivity contribution in [1.29, 1.82) is 5.26 Å². The van der Waals surface area contributed by atoms with Crippen molar-refractivity contribution in [3.05, 3.63) is 28.2 Å². The molecule has 1 atom stereocenters. The zero-order valence-electron chi connectivity index (χ0n) is 7.79. The van der Waals surface area contributed by atoms with Crippen LogP contribution in [-0.2, 0) is 6.54 Å². The number of halogens is 1. The summed E-state index contributed by atoms with van der Waals surface area (Å²) in [6.45, 7) is 2.26. The van der Waals surface area contributed by atoms with Crippen LogP contribution in [0, 0.1) is 11.3 Å². The number of phenolic OH excluding ortho intramolecular Hbond substituents is 1. The lowest BCUT2D eigenvalue weighted by Gasteiger charge is -2.08. The Labute approximate surface area is 91.5 Å². The molecular formula is C10H11BrN2O. The maximum atomic E-state index is 9.61. The standard InChI is InChI=1S/C10H11BrN2O/c1-7(5-12)13-6-8-3-2-4-9(11)10(8)14/h2-4,7,13-14H,6H2,1H3. The minimum Gasteiger partial charge on any atom is -0.506 e. The lowest BCUT2D eigenvalue weighted by molar-refractivity contribution is 0.460. The number of phenols is 1. The molecule has 0 aromatic heterocycles. The van der Waals surface area contributed by atoms with Crippen LogP contribution in [0.5, 0.6) is 5.75 Å². The molecular weight excluding hydrogens is 244 g/mol. The highest BCUT2D eigenvalue weighted by molar-refractivity contribution is 9.10. The van der Waals surface area contributed by atoms with Crippen molar-refractivity contribution in [2.24, 2.45) is 0 Å². The van der Waals surface area contributed by atoms with Gasteiger partial charge in [0.1, 0.15) is 5.75 Å². The van der Waals surface area contributed by atoms with Gasteiger partial charge in [0.2, 0.25) is 0 Å². The number of nitrogens with zero attached hydrogens (tertiary/aromatic N) is 1. The van der Waals surface area contributed by atoms with Crippen LogP contribution in [0.25, 0.3) is 0 Å². The molecule has 1 aromatic carbocycles. The fourth-order valence-electron chi connectivity index (χ4n) is 1.01. The van der Waals surface area contributed by atoms with Gasteiger partial charge >= 0.3 is 0 Å². The van der Waals surface area contributed by atoms with Crippen LogP contribution >= 0.6 is 15.9 Å². The second kappa shape index (κ2) is 4.99. The molecule has 14 heavy (non-hydrogen) atoms. The smallest absolute Gasteiger partial charge is 0.134 e. The molecule has 0 amide bonds. The number of nitrogens with one attached hydrogen (secondary N) is 1. The molecule has 0 aliphatic rings. The van der Waals surface area contributed by atoms with E-state index in [0.717, 1.165) is 5.56 Å². The second-order valence-corrected chi connectivity index (χ2v) is 3.83. The lowest BCUT2D eigenvalue weighted by atomic mass is 10.2. The molecule has 0 heterocycles. The number of para-hydroxylation sites is 1. The van der Waals surface area contributed by atoms with Gasteiger partial charge < -0.3 is 5.11 Å². The van der Waals surface area contributed by atoms with E-state index in [1.54, 1.807) is 13.0 Å². The number of benzene rings is 1. The molecule has 0 spiro atoms. The van der Waals surface area contributed by atoms with Crippen LogP contribution in [0.3, 0.4) is 0 Å². The van der Waals surface area contributed by atoms with E-state index in [4.69, 9.17) is 5.26 Å². The number of aromatic hydroxyl groups is 1. The van der Waals surface area contributed by atoms with Gasteiger partial charge in [-0.15, -0.1) is 0 Å². The van der Waals surface area contributed by atoms with Crippen molar-refractivity contribution in [3.63, 3.8) is 0 Å². The zero-order chi connectivity index (χ0) is 10.6. The molecule has 0 aliphatic heterocycles. The lowest BCUT2D eigenvalue weighted by Crippen LogP contribution is -2.23. The fraction of sp³-hybridized carbons (Fsp3) is 0.300. The highest BCUT2D eigenvalue weighted by atomic mass is 79.9. The van der Waals surface area contributed by atoms with E-state index in [-0.39, 0.29) is 11.8 Å². The Bertz CT molecular complexity index is 360. The van der Waals surface area contributed by atoms with Gasteiger partial charge in [-0.3, -0.25) is 5.32 Å². The van der Waals surface area contributed by atoms with Gasteiger partial charge in [0.15, 0.2) is 0 Å². The maximum absolute atomic E-state index is 9.61. The van der Waals surface area contributed by atoms with E-state index >= 15 is 0 Å². The van der Waals surface area contributed by atoms with E-state index in [9.17, 15) is 5.11 Å². The van der Waals surface area contributed by atoms with Crippen molar-refractivity contribution < 1.29 is 5.11 Å². The zero-order valence-corrected chi connectivity index (χ0v) is 9.37. The predicted octanol–water partition coefficient (Wildman–Crippen LogP) is 2.16. The summed E-state index contributed by atoms with van der Waals surface area (Å²) in [5.74, 6) is 0.227. The summed E-state index contributed by atoms with van der Waals surface area (Å²) < 4.78 is 0.668. The van der Waals surface area contributed by atoms with Crippen LogP contribution in [0.1, 0.15) is 12.5 Å². The summed E-state index contributed by atoms with van der Waals surface area (Å²) >= 11 is 3.23. The molecule has 0 saturated heterocycles. The average molecular weight is 255 g/mol. The van der Waals surface area contributed by atoms with Gasteiger partial charge in [-0.25, -0.2) is 0 Å². The van der Waals surface area contributed by atoms with Crippen molar-refractivity contribution in [3.8, 4) is 11.8 Å². The molecule has 0 radical (unpaired) electrons. The van der Waals surface area contributed by atoms with Gasteiger partial charge in [-0.05, 0) is 28.9 Å². The second-order valence-electron chi connectivity index (χ2n) is 2.98. The molecule has 0 fully saturated rings. The Hall–Kier alpha value is -1.05. The predicted molar refractivity (Wildman–Crippen MR) is 57.7 cm³/mol. The average Bonchev–Trinajstić information content (AvgIpc) is 2.20. The van der Waals surface area contributed by atoms with Crippen molar-refractivity contribution in [1.82, 2.24) is 5.32 Å². The molecule has 1 unspecified atom stereocenters. The van der Waals surface area contributed by atoms with Crippen molar-refractivity contribution in [2.75, 3.05) is 0 Å². The van der Waals surface area contributed by atoms with Gasteiger partial charge in [0.05, 0.1) is 16.6 Å². The largest absolute Gasteiger partial charge is 0.506 e. The summed E-state index contributed by atoms with van der Waals surface area (Å²) in [5, 5.41) is 21.1. The summed E-state index contributed by atoms with van der Waals surface area (Å²) in [7, 11) is 0. The number of nitriles is 1. The molecule has 1 rings (SSSR count). The first kappa shape index (κ1) is 11.0. The van der Waals surface area contributed by atoms with E-state index in [0.29, 0.717) is 11.0 Å². The van der Waals surface area contributed by atoms with E-state index in [2.05, 4.69) is 27.3 Å². The molecule has 2 N–H and O–H groups in total. The summed E-state index contributed by atoms with van der Waals surface area (Å²) in [4.78, 5) is 0. The highest BCUT2D eigenvalue weighted by Crippen LogP contribution is 2.27. The Balaban J connectivity index is 2.69. The minimum atomic E-state index is -0.214. The highest BCUT2D eigenvalue weighted by Gasteiger charge is 2.05. The van der Waals surface area contributed by atoms with Gasteiger partial charge in [-0.1, -0.05) is 12.1 Å². The third kappa shape index (κ3) is 2.72. The van der Waals surface area contributed by atoms with Crippen LogP contribution in [0.2, 0.25) is 0 Å². The van der Waals surface area contributed by atoms with Crippen molar-refractivity contribution in [2.45, 2.75) is 19.5 Å². The number of hydrogen-bond acceptors (Lipinski definition) is 3. The fourth-order valence-corrected chi connectivity index (χ4v) is 1.42. The summed E-state index contributed by atoms with van der Waals surface area (Å²) in [6, 6.07) is 7.28. The Morgan fingerprint density at radius 3 is 3.00 bits per heavy atom. The topological polar surface area (TPSA) is 56.0 Å². The monoisotopic (exact) mass is 254 g/mol. The molecule has 3 nitrogen and oxygen atoms in total. The molecule has 0 aliphatic carbocycles. The minimum absolute atomic E-state index is 0.214. The first-order valence-electron chi connectivity index (χ1n) is 4.24. The van der Waals surface area contributed by atoms with Gasteiger partial charge in [0.25, 0.3) is 0 Å². The Kier molecular flexibility index (Phi) is 3.93. The van der Waals surface area contributed by atoms with Gasteiger partial charge in [0, 0.05) is 12.1 Å². The third-order valence-corrected chi connectivity index (χ3v) is 2.50. The molecule has 1 aromatic rings. The number of rotatable bonds is 3. The van der Waals surface area contributed by atoms with Gasteiger partial charge in [-0.2, -0.15) is 5.26 Å². The molecule has 74 valence electrons. The maximum Gasteiger partial charge on any atom is 0.134 e. The quantitative estimate of drug-likeness (QED) is 0.870. The van der Waals surface area contributed by atoms with Crippen LogP contribution in [0.15, 0.2) is 22.7 Å². The van der Waals surface area contributed by atoms with Crippen LogP contribution < -0.4 is 5.32 Å². The first-order chi connectivity index (χ1) is 6.65. The SMILES string of the molecule is CC(C#N)NCc1cccc(Br)c1O. The molecule has 4 heteroatoms. The summed E-state index contributed by atoms with van der Waals surface area (Å²) in [5.41, 5.74) is 0.779. The number of hydrogen-bond donors (Lipinski definition) is 2. The third-order valence-electron chi connectivity index (χ3n) is 1.86. The first-order valence-corrected chi connectivity index (χ1v) is 5.04. The Morgan fingerprint density at radius 1 is 1.64 bits per heavy atom.